The van der Waals surface area contributed by atoms with Crippen LogP contribution in [0.4, 0.5) is 0 Å². The van der Waals surface area contributed by atoms with E-state index < -0.39 is 0 Å². The molecule has 240 valence electrons. The van der Waals surface area contributed by atoms with Crippen LogP contribution in [-0.2, 0) is 0 Å². The fourth-order valence-corrected chi connectivity index (χ4v) is 9.14. The van der Waals surface area contributed by atoms with Gasteiger partial charge in [-0.05, 0) is 110 Å². The van der Waals surface area contributed by atoms with E-state index >= 15 is 0 Å². The van der Waals surface area contributed by atoms with Crippen LogP contribution >= 0.6 is 0 Å². The third-order valence-corrected chi connectivity index (χ3v) is 11.4. The highest BCUT2D eigenvalue weighted by Crippen LogP contribution is 2.49. The third kappa shape index (κ3) is 3.73. The van der Waals surface area contributed by atoms with Crippen molar-refractivity contribution in [3.63, 3.8) is 0 Å². The summed E-state index contributed by atoms with van der Waals surface area (Å²) in [6, 6.07) is 67.3. The molecule has 52 heavy (non-hydrogen) atoms. The van der Waals surface area contributed by atoms with E-state index in [9.17, 15) is 0 Å². The molecule has 2 nitrogen and oxygen atoms in total. The summed E-state index contributed by atoms with van der Waals surface area (Å²) in [5, 5.41) is 10.2. The molecule has 0 aliphatic heterocycles. The normalized spacial score (nSPS) is 12.2. The molecule has 0 radical (unpaired) electrons. The van der Waals surface area contributed by atoms with Gasteiger partial charge in [0.15, 0.2) is 0 Å². The average molecular weight is 659 g/mol. The first-order valence-electron chi connectivity index (χ1n) is 18.0. The van der Waals surface area contributed by atoms with Crippen LogP contribution in [0.2, 0.25) is 0 Å². The van der Waals surface area contributed by atoms with Crippen LogP contribution in [0.5, 0.6) is 0 Å². The lowest BCUT2D eigenvalue weighted by molar-refractivity contribution is 1.18. The molecule has 2 heteroatoms. The molecule has 0 fully saturated rings. The molecule has 0 N–H and O–H groups in total. The van der Waals surface area contributed by atoms with Gasteiger partial charge in [-0.15, -0.1) is 0 Å². The first kappa shape index (κ1) is 27.9. The highest BCUT2D eigenvalue weighted by Gasteiger charge is 2.24. The second-order valence-electron chi connectivity index (χ2n) is 14.1. The molecular formula is C50H30N2. The lowest BCUT2D eigenvalue weighted by atomic mass is 10.00. The maximum absolute atomic E-state index is 2.50. The Morgan fingerprint density at radius 1 is 0.288 bits per heavy atom. The van der Waals surface area contributed by atoms with E-state index in [4.69, 9.17) is 0 Å². The van der Waals surface area contributed by atoms with E-state index in [1.54, 1.807) is 0 Å². The number of fused-ring (bicyclic) bond motifs is 10. The Morgan fingerprint density at radius 2 is 0.846 bits per heavy atom. The van der Waals surface area contributed by atoms with Crippen LogP contribution in [-0.4, -0.2) is 9.13 Å². The van der Waals surface area contributed by atoms with Gasteiger partial charge in [0.05, 0.1) is 27.8 Å². The number of hydrogen-bond acceptors (Lipinski definition) is 0. The number of benzene rings is 9. The van der Waals surface area contributed by atoms with Crippen molar-refractivity contribution in [2.75, 3.05) is 0 Å². The van der Waals surface area contributed by atoms with Crippen LogP contribution in [0.3, 0.4) is 0 Å². The number of aromatic nitrogens is 2. The molecule has 2 aromatic heterocycles. The summed E-state index contributed by atoms with van der Waals surface area (Å²) in [6.45, 7) is 0. The molecule has 2 heterocycles. The molecule has 9 aromatic carbocycles. The minimum Gasteiger partial charge on any atom is -0.309 e. The van der Waals surface area contributed by atoms with Crippen LogP contribution in [0.25, 0.3) is 110 Å². The average Bonchev–Trinajstić information content (AvgIpc) is 3.83. The summed E-state index contributed by atoms with van der Waals surface area (Å²) in [6.07, 6.45) is 0. The van der Waals surface area contributed by atoms with Crippen molar-refractivity contribution in [2.24, 2.45) is 0 Å². The molecule has 1 aliphatic rings. The summed E-state index contributed by atoms with van der Waals surface area (Å²) in [5.41, 5.74) is 15.0. The minimum absolute atomic E-state index is 1.18. The van der Waals surface area contributed by atoms with Gasteiger partial charge < -0.3 is 9.13 Å². The molecule has 0 spiro atoms. The summed E-state index contributed by atoms with van der Waals surface area (Å²) < 4.78 is 4.89. The van der Waals surface area contributed by atoms with Crippen LogP contribution in [0, 0.1) is 0 Å². The second kappa shape index (κ2) is 10.3. The van der Waals surface area contributed by atoms with Crippen molar-refractivity contribution in [3.05, 3.63) is 182 Å². The van der Waals surface area contributed by atoms with Crippen molar-refractivity contribution < 1.29 is 0 Å². The SMILES string of the molecule is c1ccc(-n2c3ccccc3c3cc(-c4ccc5c(c4)c4cc6ccccc6cc4n5-c4ccc5c6c(cccc46)-c4ccccc4-5)ccc32)cc1. The molecule has 0 saturated carbocycles. The number of hydrogen-bond donors (Lipinski definition) is 0. The summed E-state index contributed by atoms with van der Waals surface area (Å²) >= 11 is 0. The van der Waals surface area contributed by atoms with Gasteiger partial charge in [-0.25, -0.2) is 0 Å². The quantitative estimate of drug-likeness (QED) is 0.179. The smallest absolute Gasteiger partial charge is 0.0547 e. The first-order chi connectivity index (χ1) is 25.8. The Morgan fingerprint density at radius 3 is 1.63 bits per heavy atom. The summed E-state index contributed by atoms with van der Waals surface area (Å²) in [7, 11) is 0. The second-order valence-corrected chi connectivity index (χ2v) is 14.1. The predicted molar refractivity (Wildman–Crippen MR) is 220 cm³/mol. The third-order valence-electron chi connectivity index (χ3n) is 11.4. The lowest BCUT2D eigenvalue weighted by Crippen LogP contribution is -1.96. The van der Waals surface area contributed by atoms with Gasteiger partial charge >= 0.3 is 0 Å². The van der Waals surface area contributed by atoms with Crippen molar-refractivity contribution >= 4 is 65.2 Å². The van der Waals surface area contributed by atoms with Gasteiger partial charge in [0.25, 0.3) is 0 Å². The Bertz CT molecular complexity index is 3260. The van der Waals surface area contributed by atoms with Crippen molar-refractivity contribution in [2.45, 2.75) is 0 Å². The Hall–Kier alpha value is -6.90. The fourth-order valence-electron chi connectivity index (χ4n) is 9.14. The minimum atomic E-state index is 1.18. The maximum atomic E-state index is 2.50. The predicted octanol–water partition coefficient (Wildman–Crippen LogP) is 13.5. The maximum Gasteiger partial charge on any atom is 0.0547 e. The zero-order chi connectivity index (χ0) is 33.9. The summed E-state index contributed by atoms with van der Waals surface area (Å²) in [5.74, 6) is 0. The molecule has 0 atom stereocenters. The molecule has 0 unspecified atom stereocenters. The lowest BCUT2D eigenvalue weighted by Gasteiger charge is -2.14. The topological polar surface area (TPSA) is 9.86 Å². The van der Waals surface area contributed by atoms with E-state index in [1.807, 2.05) is 0 Å². The van der Waals surface area contributed by atoms with Crippen LogP contribution < -0.4 is 0 Å². The van der Waals surface area contributed by atoms with Crippen LogP contribution in [0.1, 0.15) is 0 Å². The molecule has 1 aliphatic carbocycles. The molecule has 0 saturated heterocycles. The van der Waals surface area contributed by atoms with Gasteiger partial charge in [-0.1, -0.05) is 121 Å². The van der Waals surface area contributed by atoms with Crippen molar-refractivity contribution in [1.29, 1.82) is 0 Å². The van der Waals surface area contributed by atoms with Gasteiger partial charge in [0, 0.05) is 32.6 Å². The fraction of sp³-hybridized carbons (Fsp3) is 0. The van der Waals surface area contributed by atoms with E-state index in [1.165, 1.54) is 110 Å². The standard InChI is InChI=1S/C50H30N2/c1-2-13-35(14-3-1)51-45-20-9-8-17-38(45)42-28-33(21-24-47(42)51)34-22-25-48-43(29-34)44-27-31-11-4-5-12-32(31)30-49(44)52(48)46-26-23-40-37-16-7-6-15-36(37)39-18-10-19-41(46)50(39)40/h1-30H. The van der Waals surface area contributed by atoms with Gasteiger partial charge in [0.2, 0.25) is 0 Å². The number of nitrogens with zero attached hydrogens (tertiary/aromatic N) is 2. The zero-order valence-electron chi connectivity index (χ0n) is 28.2. The van der Waals surface area contributed by atoms with E-state index in [-0.39, 0.29) is 0 Å². The highest BCUT2D eigenvalue weighted by molar-refractivity contribution is 6.20. The molecule has 0 amide bonds. The summed E-state index contributed by atoms with van der Waals surface area (Å²) in [4.78, 5) is 0. The first-order valence-corrected chi connectivity index (χ1v) is 18.0. The van der Waals surface area contributed by atoms with Crippen molar-refractivity contribution in [3.8, 4) is 44.8 Å². The molecule has 11 aromatic rings. The Kier molecular flexibility index (Phi) is 5.53. The van der Waals surface area contributed by atoms with E-state index in [2.05, 4.69) is 191 Å². The zero-order valence-corrected chi connectivity index (χ0v) is 28.2. The largest absolute Gasteiger partial charge is 0.309 e. The number of para-hydroxylation sites is 2. The van der Waals surface area contributed by atoms with Gasteiger partial charge in [0.1, 0.15) is 0 Å². The highest BCUT2D eigenvalue weighted by atomic mass is 15.0. The van der Waals surface area contributed by atoms with E-state index in [0.29, 0.717) is 0 Å². The Labute approximate surface area is 300 Å². The molecule has 12 rings (SSSR count). The molecular weight excluding hydrogens is 629 g/mol. The molecule has 0 bridgehead atoms. The van der Waals surface area contributed by atoms with Gasteiger partial charge in [-0.3, -0.25) is 0 Å². The monoisotopic (exact) mass is 658 g/mol. The van der Waals surface area contributed by atoms with Gasteiger partial charge in [-0.2, -0.15) is 0 Å². The van der Waals surface area contributed by atoms with E-state index in [0.717, 1.165) is 0 Å². The Balaban J connectivity index is 1.12. The van der Waals surface area contributed by atoms with Crippen molar-refractivity contribution in [1.82, 2.24) is 9.13 Å². The number of rotatable bonds is 3. The van der Waals surface area contributed by atoms with Crippen LogP contribution in [0.15, 0.2) is 182 Å².